The maximum atomic E-state index is 11.8. The normalized spacial score (nSPS) is 11.8. The molecule has 0 saturated heterocycles. The molecule has 1 N–H and O–H groups in total. The van der Waals surface area contributed by atoms with Gasteiger partial charge in [0, 0.05) is 24.8 Å². The van der Waals surface area contributed by atoms with Gasteiger partial charge in [0.15, 0.2) is 0 Å². The number of halogens is 3. The molecule has 0 unspecified atom stereocenters. The quantitative estimate of drug-likeness (QED) is 0.781. The molecular weight excluding hydrogens is 223 g/mol. The lowest BCUT2D eigenvalue weighted by Gasteiger charge is -2.09. The molecule has 0 aliphatic carbocycles. The van der Waals surface area contributed by atoms with Crippen LogP contribution in [-0.2, 0) is 6.54 Å². The SMILES string of the molecule is Cc1cc(=O)n(CCNCC(F)(F)F)cn1. The first-order chi connectivity index (χ1) is 7.38. The number of nitrogens with one attached hydrogen (secondary N) is 1. The van der Waals surface area contributed by atoms with E-state index in [2.05, 4.69) is 10.3 Å². The molecule has 1 heterocycles. The minimum atomic E-state index is -4.23. The van der Waals surface area contributed by atoms with Gasteiger partial charge in [0.05, 0.1) is 12.9 Å². The van der Waals surface area contributed by atoms with E-state index in [9.17, 15) is 18.0 Å². The molecule has 0 aliphatic heterocycles. The van der Waals surface area contributed by atoms with Gasteiger partial charge >= 0.3 is 6.18 Å². The number of aromatic nitrogens is 2. The van der Waals surface area contributed by atoms with Gasteiger partial charge < -0.3 is 5.32 Å². The van der Waals surface area contributed by atoms with Crippen molar-refractivity contribution < 1.29 is 13.2 Å². The van der Waals surface area contributed by atoms with Crippen LogP contribution in [0.5, 0.6) is 0 Å². The Kier molecular flexibility index (Phi) is 4.05. The second-order valence-corrected chi connectivity index (χ2v) is 3.35. The lowest BCUT2D eigenvalue weighted by molar-refractivity contribution is -0.124. The fourth-order valence-electron chi connectivity index (χ4n) is 1.11. The summed E-state index contributed by atoms with van der Waals surface area (Å²) in [4.78, 5) is 15.2. The summed E-state index contributed by atoms with van der Waals surface area (Å²) in [6.45, 7) is 0.862. The Morgan fingerprint density at radius 2 is 2.19 bits per heavy atom. The molecule has 0 fully saturated rings. The third-order valence-corrected chi connectivity index (χ3v) is 1.87. The van der Waals surface area contributed by atoms with Crippen molar-refractivity contribution in [2.45, 2.75) is 19.6 Å². The molecule has 7 heteroatoms. The first kappa shape index (κ1) is 12.7. The summed E-state index contributed by atoms with van der Waals surface area (Å²) in [7, 11) is 0. The van der Waals surface area contributed by atoms with Crippen LogP contribution in [0.2, 0.25) is 0 Å². The van der Waals surface area contributed by atoms with Gasteiger partial charge in [0.25, 0.3) is 5.56 Å². The summed E-state index contributed by atoms with van der Waals surface area (Å²) in [6.07, 6.45) is -2.90. The standard InChI is InChI=1S/C9H12F3N3O/c1-7-4-8(16)15(6-14-7)3-2-13-5-9(10,11)12/h4,6,13H,2-3,5H2,1H3. The molecule has 1 aromatic heterocycles. The summed E-state index contributed by atoms with van der Waals surface area (Å²) >= 11 is 0. The predicted octanol–water partition coefficient (Wildman–Crippen LogP) is 0.704. The molecule has 0 saturated carbocycles. The van der Waals surface area contributed by atoms with E-state index in [0.29, 0.717) is 5.69 Å². The number of aryl methyl sites for hydroxylation is 1. The van der Waals surface area contributed by atoms with Crippen molar-refractivity contribution >= 4 is 0 Å². The molecule has 0 atom stereocenters. The summed E-state index contributed by atoms with van der Waals surface area (Å²) in [5, 5.41) is 2.20. The second-order valence-electron chi connectivity index (χ2n) is 3.35. The van der Waals surface area contributed by atoms with Gasteiger partial charge in [0.1, 0.15) is 0 Å². The van der Waals surface area contributed by atoms with Crippen LogP contribution in [-0.4, -0.2) is 28.8 Å². The van der Waals surface area contributed by atoms with Crippen LogP contribution in [0.25, 0.3) is 0 Å². The van der Waals surface area contributed by atoms with E-state index in [1.54, 1.807) is 6.92 Å². The van der Waals surface area contributed by atoms with E-state index in [1.165, 1.54) is 17.0 Å². The largest absolute Gasteiger partial charge is 0.401 e. The minimum absolute atomic E-state index is 0.0736. The zero-order chi connectivity index (χ0) is 12.2. The van der Waals surface area contributed by atoms with E-state index in [0.717, 1.165) is 0 Å². The Morgan fingerprint density at radius 1 is 1.50 bits per heavy atom. The van der Waals surface area contributed by atoms with Crippen LogP contribution >= 0.6 is 0 Å². The van der Waals surface area contributed by atoms with E-state index in [-0.39, 0.29) is 18.6 Å². The minimum Gasteiger partial charge on any atom is -0.307 e. The van der Waals surface area contributed by atoms with Crippen LogP contribution in [0.15, 0.2) is 17.2 Å². The fraction of sp³-hybridized carbons (Fsp3) is 0.556. The van der Waals surface area contributed by atoms with Crippen LogP contribution in [0.1, 0.15) is 5.69 Å². The first-order valence-electron chi connectivity index (χ1n) is 4.69. The first-order valence-corrected chi connectivity index (χ1v) is 4.69. The van der Waals surface area contributed by atoms with Crippen molar-refractivity contribution in [3.8, 4) is 0 Å². The molecule has 90 valence electrons. The number of hydrogen-bond donors (Lipinski definition) is 1. The summed E-state index contributed by atoms with van der Waals surface area (Å²) in [5.41, 5.74) is 0.325. The van der Waals surface area contributed by atoms with Gasteiger partial charge in [-0.3, -0.25) is 9.36 Å². The lowest BCUT2D eigenvalue weighted by atomic mass is 10.4. The van der Waals surface area contributed by atoms with Crippen molar-refractivity contribution in [1.29, 1.82) is 0 Å². The van der Waals surface area contributed by atoms with Crippen molar-refractivity contribution in [3.63, 3.8) is 0 Å². The lowest BCUT2D eigenvalue weighted by Crippen LogP contribution is -2.33. The van der Waals surface area contributed by atoms with E-state index < -0.39 is 12.7 Å². The molecule has 0 radical (unpaired) electrons. The van der Waals surface area contributed by atoms with Gasteiger partial charge in [-0.05, 0) is 6.92 Å². The molecule has 4 nitrogen and oxygen atoms in total. The van der Waals surface area contributed by atoms with E-state index in [4.69, 9.17) is 0 Å². The van der Waals surface area contributed by atoms with Crippen molar-refractivity contribution in [2.24, 2.45) is 0 Å². The topological polar surface area (TPSA) is 46.9 Å². The Hall–Kier alpha value is -1.37. The zero-order valence-electron chi connectivity index (χ0n) is 8.71. The molecule has 16 heavy (non-hydrogen) atoms. The predicted molar refractivity (Wildman–Crippen MR) is 52.2 cm³/mol. The van der Waals surface area contributed by atoms with Crippen LogP contribution in [0, 0.1) is 6.92 Å². The summed E-state index contributed by atoms with van der Waals surface area (Å²) in [5.74, 6) is 0. The molecule has 0 spiro atoms. The van der Waals surface area contributed by atoms with Crippen molar-refractivity contribution in [2.75, 3.05) is 13.1 Å². The Bertz CT molecular complexity index is 400. The molecule has 0 bridgehead atoms. The number of hydrogen-bond acceptors (Lipinski definition) is 3. The second kappa shape index (κ2) is 5.11. The fourth-order valence-corrected chi connectivity index (χ4v) is 1.11. The van der Waals surface area contributed by atoms with Crippen molar-refractivity contribution in [1.82, 2.24) is 14.9 Å². The van der Waals surface area contributed by atoms with Crippen LogP contribution in [0.3, 0.4) is 0 Å². The summed E-state index contributed by atoms with van der Waals surface area (Å²) < 4.78 is 36.6. The van der Waals surface area contributed by atoms with Gasteiger partial charge in [-0.15, -0.1) is 0 Å². The highest BCUT2D eigenvalue weighted by Crippen LogP contribution is 2.11. The van der Waals surface area contributed by atoms with Gasteiger partial charge in [-0.2, -0.15) is 13.2 Å². The molecule has 0 aliphatic rings. The van der Waals surface area contributed by atoms with Gasteiger partial charge in [-0.25, -0.2) is 4.98 Å². The smallest absolute Gasteiger partial charge is 0.307 e. The zero-order valence-corrected chi connectivity index (χ0v) is 8.71. The van der Waals surface area contributed by atoms with Crippen LogP contribution < -0.4 is 10.9 Å². The maximum Gasteiger partial charge on any atom is 0.401 e. The average Bonchev–Trinajstić information content (AvgIpc) is 2.13. The molecular formula is C9H12F3N3O. The van der Waals surface area contributed by atoms with E-state index in [1.807, 2.05) is 0 Å². The summed E-state index contributed by atoms with van der Waals surface area (Å²) in [6, 6.07) is 1.34. The van der Waals surface area contributed by atoms with Gasteiger partial charge in [-0.1, -0.05) is 0 Å². The van der Waals surface area contributed by atoms with Gasteiger partial charge in [0.2, 0.25) is 0 Å². The Morgan fingerprint density at radius 3 is 2.75 bits per heavy atom. The molecule has 1 aromatic rings. The third-order valence-electron chi connectivity index (χ3n) is 1.87. The number of alkyl halides is 3. The molecule has 1 rings (SSSR count). The van der Waals surface area contributed by atoms with Crippen molar-refractivity contribution in [3.05, 3.63) is 28.4 Å². The Balaban J connectivity index is 2.41. The monoisotopic (exact) mass is 235 g/mol. The third kappa shape index (κ3) is 4.43. The van der Waals surface area contributed by atoms with E-state index >= 15 is 0 Å². The highest BCUT2D eigenvalue weighted by molar-refractivity contribution is 4.95. The average molecular weight is 235 g/mol. The highest BCUT2D eigenvalue weighted by Gasteiger charge is 2.25. The number of rotatable bonds is 4. The maximum absolute atomic E-state index is 11.8. The molecule has 0 amide bonds. The highest BCUT2D eigenvalue weighted by atomic mass is 19.4. The number of nitrogens with zero attached hydrogens (tertiary/aromatic N) is 2. The molecule has 0 aromatic carbocycles. The van der Waals surface area contributed by atoms with Crippen LogP contribution in [0.4, 0.5) is 13.2 Å². The Labute approximate surface area is 90.1 Å².